The zero-order valence-electron chi connectivity index (χ0n) is 14.1. The molecular weight excluding hydrogens is 302 g/mol. The lowest BCUT2D eigenvalue weighted by atomic mass is 10.0. The summed E-state index contributed by atoms with van der Waals surface area (Å²) < 4.78 is 11.5. The summed E-state index contributed by atoms with van der Waals surface area (Å²) in [5.74, 6) is 0.502. The molecule has 0 bridgehead atoms. The topological polar surface area (TPSA) is 47.5 Å². The summed E-state index contributed by atoms with van der Waals surface area (Å²) in [5, 5.41) is 1.11. The SMILES string of the molecule is c1cnc2nc(C3CCN(CCOC4CCCCO4)C3)ccc2c1. The molecule has 0 amide bonds. The number of rotatable bonds is 5. The van der Waals surface area contributed by atoms with Crippen LogP contribution in [0.15, 0.2) is 30.5 Å². The first kappa shape index (κ1) is 15.9. The van der Waals surface area contributed by atoms with E-state index in [9.17, 15) is 0 Å². The summed E-state index contributed by atoms with van der Waals surface area (Å²) in [4.78, 5) is 11.6. The van der Waals surface area contributed by atoms with Gasteiger partial charge >= 0.3 is 0 Å². The van der Waals surface area contributed by atoms with Gasteiger partial charge in [-0.05, 0) is 56.5 Å². The van der Waals surface area contributed by atoms with Gasteiger partial charge in [0.25, 0.3) is 0 Å². The molecule has 5 heteroatoms. The van der Waals surface area contributed by atoms with E-state index in [1.165, 1.54) is 18.5 Å². The Balaban J connectivity index is 1.29. The monoisotopic (exact) mass is 327 g/mol. The van der Waals surface area contributed by atoms with Crippen molar-refractivity contribution in [3.05, 3.63) is 36.2 Å². The largest absolute Gasteiger partial charge is 0.353 e. The molecule has 2 unspecified atom stereocenters. The highest BCUT2D eigenvalue weighted by Crippen LogP contribution is 2.26. The minimum atomic E-state index is 0.0189. The zero-order chi connectivity index (χ0) is 16.2. The third-order valence-electron chi connectivity index (χ3n) is 5.03. The number of fused-ring (bicyclic) bond motifs is 1. The Morgan fingerprint density at radius 2 is 2.21 bits per heavy atom. The van der Waals surface area contributed by atoms with Crippen molar-refractivity contribution in [1.82, 2.24) is 14.9 Å². The fourth-order valence-corrected chi connectivity index (χ4v) is 3.63. The molecule has 0 saturated carbocycles. The lowest BCUT2D eigenvalue weighted by Crippen LogP contribution is -2.29. The highest BCUT2D eigenvalue weighted by Gasteiger charge is 2.25. The molecule has 0 N–H and O–H groups in total. The Morgan fingerprint density at radius 3 is 3.12 bits per heavy atom. The second kappa shape index (κ2) is 7.55. The lowest BCUT2D eigenvalue weighted by molar-refractivity contribution is -0.163. The number of hydrogen-bond donors (Lipinski definition) is 0. The molecule has 2 aliphatic heterocycles. The average Bonchev–Trinajstić information content (AvgIpc) is 3.11. The Bertz CT molecular complexity index is 672. The third kappa shape index (κ3) is 3.74. The van der Waals surface area contributed by atoms with E-state index in [0.29, 0.717) is 5.92 Å². The first-order chi connectivity index (χ1) is 11.9. The van der Waals surface area contributed by atoms with Crippen LogP contribution in [-0.2, 0) is 9.47 Å². The molecule has 24 heavy (non-hydrogen) atoms. The zero-order valence-corrected chi connectivity index (χ0v) is 14.1. The van der Waals surface area contributed by atoms with Crippen molar-refractivity contribution in [3.8, 4) is 0 Å². The molecule has 2 aromatic rings. The van der Waals surface area contributed by atoms with Crippen molar-refractivity contribution in [2.75, 3.05) is 32.8 Å². The fourth-order valence-electron chi connectivity index (χ4n) is 3.63. The molecule has 2 aliphatic rings. The van der Waals surface area contributed by atoms with Gasteiger partial charge in [-0.1, -0.05) is 0 Å². The van der Waals surface area contributed by atoms with Gasteiger partial charge in [0.05, 0.1) is 6.61 Å². The normalized spacial score (nSPS) is 25.3. The predicted octanol–water partition coefficient (Wildman–Crippen LogP) is 2.96. The van der Waals surface area contributed by atoms with Gasteiger partial charge in [0.2, 0.25) is 0 Å². The minimum absolute atomic E-state index is 0.0189. The van der Waals surface area contributed by atoms with Crippen molar-refractivity contribution in [1.29, 1.82) is 0 Å². The first-order valence-electron chi connectivity index (χ1n) is 9.06. The second-order valence-corrected chi connectivity index (χ2v) is 6.74. The molecule has 2 fully saturated rings. The summed E-state index contributed by atoms with van der Waals surface area (Å²) in [5.41, 5.74) is 2.02. The molecule has 4 rings (SSSR count). The van der Waals surface area contributed by atoms with E-state index >= 15 is 0 Å². The molecule has 0 aliphatic carbocycles. The van der Waals surface area contributed by atoms with Crippen LogP contribution in [0.4, 0.5) is 0 Å². The van der Waals surface area contributed by atoms with Gasteiger partial charge in [-0.3, -0.25) is 0 Å². The van der Waals surface area contributed by atoms with Gasteiger partial charge in [-0.15, -0.1) is 0 Å². The van der Waals surface area contributed by atoms with Crippen molar-refractivity contribution < 1.29 is 9.47 Å². The molecule has 2 saturated heterocycles. The van der Waals surface area contributed by atoms with E-state index < -0.39 is 0 Å². The van der Waals surface area contributed by atoms with Crippen LogP contribution in [0.25, 0.3) is 11.0 Å². The Kier molecular flexibility index (Phi) is 5.02. The Morgan fingerprint density at radius 1 is 1.21 bits per heavy atom. The summed E-state index contributed by atoms with van der Waals surface area (Å²) in [7, 11) is 0. The van der Waals surface area contributed by atoms with Crippen LogP contribution in [0.1, 0.15) is 37.3 Å². The van der Waals surface area contributed by atoms with Gasteiger partial charge in [-0.25, -0.2) is 9.97 Å². The van der Waals surface area contributed by atoms with Crippen LogP contribution < -0.4 is 0 Å². The van der Waals surface area contributed by atoms with Crippen LogP contribution in [-0.4, -0.2) is 54.0 Å². The van der Waals surface area contributed by atoms with Crippen molar-refractivity contribution in [2.24, 2.45) is 0 Å². The van der Waals surface area contributed by atoms with Gasteiger partial charge < -0.3 is 14.4 Å². The van der Waals surface area contributed by atoms with Gasteiger partial charge in [-0.2, -0.15) is 0 Å². The number of ether oxygens (including phenoxy) is 2. The maximum absolute atomic E-state index is 5.85. The molecular formula is C19H25N3O2. The van der Waals surface area contributed by atoms with E-state index in [1.807, 2.05) is 12.3 Å². The number of pyridine rings is 2. The maximum Gasteiger partial charge on any atom is 0.159 e. The molecule has 2 aromatic heterocycles. The van der Waals surface area contributed by atoms with E-state index in [-0.39, 0.29) is 6.29 Å². The summed E-state index contributed by atoms with van der Waals surface area (Å²) in [6.07, 6.45) is 6.41. The van der Waals surface area contributed by atoms with Crippen molar-refractivity contribution in [3.63, 3.8) is 0 Å². The number of hydrogen-bond acceptors (Lipinski definition) is 5. The van der Waals surface area contributed by atoms with Gasteiger partial charge in [0.1, 0.15) is 0 Å². The van der Waals surface area contributed by atoms with E-state index in [0.717, 1.165) is 56.7 Å². The molecule has 4 heterocycles. The van der Waals surface area contributed by atoms with Crippen LogP contribution >= 0.6 is 0 Å². The predicted molar refractivity (Wildman–Crippen MR) is 92.9 cm³/mol. The first-order valence-corrected chi connectivity index (χ1v) is 9.06. The molecule has 128 valence electrons. The second-order valence-electron chi connectivity index (χ2n) is 6.74. The highest BCUT2D eigenvalue weighted by molar-refractivity contribution is 5.74. The summed E-state index contributed by atoms with van der Waals surface area (Å²) in [6.45, 7) is 4.74. The summed E-state index contributed by atoms with van der Waals surface area (Å²) >= 11 is 0. The van der Waals surface area contributed by atoms with Gasteiger partial charge in [0.15, 0.2) is 11.9 Å². The van der Waals surface area contributed by atoms with Crippen LogP contribution in [0.5, 0.6) is 0 Å². The van der Waals surface area contributed by atoms with E-state index in [2.05, 4.69) is 28.1 Å². The number of likely N-dealkylation sites (tertiary alicyclic amines) is 1. The third-order valence-corrected chi connectivity index (χ3v) is 5.03. The van der Waals surface area contributed by atoms with E-state index in [1.54, 1.807) is 0 Å². The van der Waals surface area contributed by atoms with Crippen LogP contribution in [0, 0.1) is 0 Å². The number of nitrogens with zero attached hydrogens (tertiary/aromatic N) is 3. The summed E-state index contributed by atoms with van der Waals surface area (Å²) in [6, 6.07) is 8.31. The molecule has 0 aromatic carbocycles. The highest BCUT2D eigenvalue weighted by atomic mass is 16.7. The smallest absolute Gasteiger partial charge is 0.159 e. The average molecular weight is 327 g/mol. The fraction of sp³-hybridized carbons (Fsp3) is 0.579. The Hall–Kier alpha value is -1.56. The molecule has 5 nitrogen and oxygen atoms in total. The Labute approximate surface area is 143 Å². The molecule has 2 atom stereocenters. The molecule has 0 radical (unpaired) electrons. The van der Waals surface area contributed by atoms with E-state index in [4.69, 9.17) is 14.5 Å². The quantitative estimate of drug-likeness (QED) is 0.845. The van der Waals surface area contributed by atoms with Crippen LogP contribution in [0.2, 0.25) is 0 Å². The minimum Gasteiger partial charge on any atom is -0.353 e. The van der Waals surface area contributed by atoms with Crippen LogP contribution in [0.3, 0.4) is 0 Å². The standard InChI is InChI=1S/C19H25N3O2/c1-2-12-23-18(5-1)24-13-11-22-10-8-16(14-22)17-7-6-15-4-3-9-20-19(15)21-17/h3-4,6-7,9,16,18H,1-2,5,8,10-14H2. The lowest BCUT2D eigenvalue weighted by Gasteiger charge is -2.24. The number of aromatic nitrogens is 2. The van der Waals surface area contributed by atoms with Crippen molar-refractivity contribution in [2.45, 2.75) is 37.9 Å². The maximum atomic E-state index is 5.85. The van der Waals surface area contributed by atoms with Crippen molar-refractivity contribution >= 4 is 11.0 Å². The van der Waals surface area contributed by atoms with Gasteiger partial charge in [0, 0.05) is 42.9 Å². The molecule has 0 spiro atoms.